The molecule has 0 radical (unpaired) electrons. The lowest BCUT2D eigenvalue weighted by Gasteiger charge is -2.05. The number of halogens is 1. The molecule has 1 aromatic carbocycles. The minimum atomic E-state index is 0.496. The van der Waals surface area contributed by atoms with E-state index < -0.39 is 0 Å². The third-order valence-corrected chi connectivity index (χ3v) is 3.18. The summed E-state index contributed by atoms with van der Waals surface area (Å²) in [5.74, 6) is 0.797. The van der Waals surface area contributed by atoms with Gasteiger partial charge in [-0.1, -0.05) is 11.6 Å². The molecular weight excluding hydrogens is 248 g/mol. The van der Waals surface area contributed by atoms with Crippen molar-refractivity contribution in [3.05, 3.63) is 41.2 Å². The summed E-state index contributed by atoms with van der Waals surface area (Å²) >= 11 is 6.15. The van der Waals surface area contributed by atoms with E-state index in [1.807, 2.05) is 37.3 Å². The Morgan fingerprint density at radius 1 is 1.06 bits per heavy atom. The van der Waals surface area contributed by atoms with Gasteiger partial charge in [0.2, 0.25) is 0 Å². The zero-order chi connectivity index (χ0) is 12.7. The zero-order valence-electron chi connectivity index (χ0n) is 10.1. The van der Waals surface area contributed by atoms with Crippen LogP contribution in [0, 0.1) is 6.92 Å². The Kier molecular flexibility index (Phi) is 2.56. The Bertz CT molecular complexity index is 755. The largest absolute Gasteiger partial charge is 0.497 e. The maximum Gasteiger partial charge on any atom is 0.138 e. The first-order chi connectivity index (χ1) is 8.67. The van der Waals surface area contributed by atoms with Crippen LogP contribution in [0.2, 0.25) is 5.15 Å². The van der Waals surface area contributed by atoms with Crippen LogP contribution >= 0.6 is 11.6 Å². The van der Waals surface area contributed by atoms with Crippen LogP contribution in [-0.4, -0.2) is 17.1 Å². The SMILES string of the molecule is COc1ccc2cc3c(Cl)nc(C)cc3nc2c1. The number of pyridine rings is 2. The molecule has 0 amide bonds. The molecular formula is C14H11ClN2O. The molecule has 0 saturated heterocycles. The molecule has 0 N–H and O–H groups in total. The van der Waals surface area contributed by atoms with Gasteiger partial charge in [-0.25, -0.2) is 9.97 Å². The van der Waals surface area contributed by atoms with Crippen molar-refractivity contribution in [3.8, 4) is 5.75 Å². The van der Waals surface area contributed by atoms with Crippen LogP contribution < -0.4 is 4.74 Å². The van der Waals surface area contributed by atoms with Gasteiger partial charge in [0, 0.05) is 22.5 Å². The average molecular weight is 259 g/mol. The Morgan fingerprint density at radius 3 is 2.67 bits per heavy atom. The average Bonchev–Trinajstić information content (AvgIpc) is 2.36. The Hall–Kier alpha value is -1.87. The number of aromatic nitrogens is 2. The van der Waals surface area contributed by atoms with Gasteiger partial charge in [0.05, 0.1) is 18.1 Å². The van der Waals surface area contributed by atoms with Crippen LogP contribution in [0.15, 0.2) is 30.3 Å². The van der Waals surface area contributed by atoms with Gasteiger partial charge >= 0.3 is 0 Å². The molecule has 2 aromatic heterocycles. The Labute approximate surface area is 109 Å². The van der Waals surface area contributed by atoms with Crippen molar-refractivity contribution in [2.45, 2.75) is 6.92 Å². The van der Waals surface area contributed by atoms with Crippen molar-refractivity contribution >= 4 is 33.4 Å². The molecule has 0 spiro atoms. The third kappa shape index (κ3) is 1.77. The van der Waals surface area contributed by atoms with E-state index >= 15 is 0 Å². The van der Waals surface area contributed by atoms with E-state index in [1.165, 1.54) is 0 Å². The van der Waals surface area contributed by atoms with Crippen molar-refractivity contribution in [3.63, 3.8) is 0 Å². The van der Waals surface area contributed by atoms with Gasteiger partial charge in [-0.05, 0) is 31.2 Å². The van der Waals surface area contributed by atoms with E-state index in [-0.39, 0.29) is 0 Å². The molecule has 0 saturated carbocycles. The van der Waals surface area contributed by atoms with Crippen LogP contribution in [0.3, 0.4) is 0 Å². The lowest BCUT2D eigenvalue weighted by atomic mass is 10.1. The quantitative estimate of drug-likeness (QED) is 0.492. The number of ether oxygens (including phenoxy) is 1. The predicted molar refractivity (Wildman–Crippen MR) is 73.3 cm³/mol. The fourth-order valence-electron chi connectivity index (χ4n) is 2.01. The molecule has 0 unspecified atom stereocenters. The van der Waals surface area contributed by atoms with E-state index in [0.717, 1.165) is 33.2 Å². The number of hydrogen-bond acceptors (Lipinski definition) is 3. The smallest absolute Gasteiger partial charge is 0.138 e. The van der Waals surface area contributed by atoms with Crippen LogP contribution in [0.4, 0.5) is 0 Å². The molecule has 3 rings (SSSR count). The first kappa shape index (κ1) is 11.2. The van der Waals surface area contributed by atoms with Crippen molar-refractivity contribution in [1.29, 1.82) is 0 Å². The minimum absolute atomic E-state index is 0.496. The monoisotopic (exact) mass is 258 g/mol. The number of fused-ring (bicyclic) bond motifs is 2. The predicted octanol–water partition coefficient (Wildman–Crippen LogP) is 3.75. The summed E-state index contributed by atoms with van der Waals surface area (Å²) in [6.07, 6.45) is 0. The lowest BCUT2D eigenvalue weighted by Crippen LogP contribution is -1.89. The molecule has 2 heterocycles. The maximum absolute atomic E-state index is 6.15. The molecule has 0 fully saturated rings. The van der Waals surface area contributed by atoms with Gasteiger partial charge in [0.1, 0.15) is 10.9 Å². The van der Waals surface area contributed by atoms with Crippen LogP contribution in [0.1, 0.15) is 5.69 Å². The molecule has 0 bridgehead atoms. The highest BCUT2D eigenvalue weighted by Crippen LogP contribution is 2.27. The van der Waals surface area contributed by atoms with Crippen LogP contribution in [-0.2, 0) is 0 Å². The summed E-state index contributed by atoms with van der Waals surface area (Å²) in [4.78, 5) is 8.85. The number of aryl methyl sites for hydroxylation is 1. The minimum Gasteiger partial charge on any atom is -0.497 e. The summed E-state index contributed by atoms with van der Waals surface area (Å²) in [5.41, 5.74) is 2.61. The maximum atomic E-state index is 6.15. The summed E-state index contributed by atoms with van der Waals surface area (Å²) in [6.45, 7) is 1.91. The summed E-state index contributed by atoms with van der Waals surface area (Å²) in [6, 6.07) is 9.73. The first-order valence-electron chi connectivity index (χ1n) is 5.59. The highest BCUT2D eigenvalue weighted by atomic mass is 35.5. The van der Waals surface area contributed by atoms with Crippen LogP contribution in [0.5, 0.6) is 5.75 Å². The molecule has 3 aromatic rings. The fraction of sp³-hybridized carbons (Fsp3) is 0.143. The molecule has 90 valence electrons. The van der Waals surface area contributed by atoms with Gasteiger partial charge in [-0.3, -0.25) is 0 Å². The molecule has 0 aliphatic rings. The normalized spacial score (nSPS) is 11.1. The van der Waals surface area contributed by atoms with E-state index in [4.69, 9.17) is 16.3 Å². The molecule has 3 nitrogen and oxygen atoms in total. The second kappa shape index (κ2) is 4.10. The fourth-order valence-corrected chi connectivity index (χ4v) is 2.29. The number of methoxy groups -OCH3 is 1. The van der Waals surface area contributed by atoms with Gasteiger partial charge in [0.25, 0.3) is 0 Å². The Balaban J connectivity index is 2.39. The van der Waals surface area contributed by atoms with Crippen molar-refractivity contribution in [1.82, 2.24) is 9.97 Å². The van der Waals surface area contributed by atoms with Crippen LogP contribution in [0.25, 0.3) is 21.8 Å². The van der Waals surface area contributed by atoms with Gasteiger partial charge in [0.15, 0.2) is 0 Å². The van der Waals surface area contributed by atoms with E-state index in [1.54, 1.807) is 7.11 Å². The van der Waals surface area contributed by atoms with Gasteiger partial charge in [-0.2, -0.15) is 0 Å². The second-order valence-electron chi connectivity index (χ2n) is 4.17. The number of nitrogens with zero attached hydrogens (tertiary/aromatic N) is 2. The molecule has 0 atom stereocenters. The standard InChI is InChI=1S/C14H11ClN2O/c1-8-5-13-11(14(15)16-8)6-9-3-4-10(18-2)7-12(9)17-13/h3-7H,1-2H3. The van der Waals surface area contributed by atoms with Crippen molar-refractivity contribution < 1.29 is 4.74 Å². The first-order valence-corrected chi connectivity index (χ1v) is 5.97. The molecule has 18 heavy (non-hydrogen) atoms. The highest BCUT2D eigenvalue weighted by Gasteiger charge is 2.06. The topological polar surface area (TPSA) is 35.0 Å². The number of rotatable bonds is 1. The highest BCUT2D eigenvalue weighted by molar-refractivity contribution is 6.34. The Morgan fingerprint density at radius 2 is 1.89 bits per heavy atom. The molecule has 0 aliphatic heterocycles. The molecule has 0 aliphatic carbocycles. The summed E-state index contributed by atoms with van der Waals surface area (Å²) in [7, 11) is 1.65. The van der Waals surface area contributed by atoms with E-state index in [2.05, 4.69) is 9.97 Å². The van der Waals surface area contributed by atoms with E-state index in [9.17, 15) is 0 Å². The zero-order valence-corrected chi connectivity index (χ0v) is 10.8. The molecule has 4 heteroatoms. The lowest BCUT2D eigenvalue weighted by molar-refractivity contribution is 0.415. The summed E-state index contributed by atoms with van der Waals surface area (Å²) in [5, 5.41) is 2.39. The van der Waals surface area contributed by atoms with Crippen molar-refractivity contribution in [2.75, 3.05) is 7.11 Å². The van der Waals surface area contributed by atoms with Crippen molar-refractivity contribution in [2.24, 2.45) is 0 Å². The second-order valence-corrected chi connectivity index (χ2v) is 4.53. The number of hydrogen-bond donors (Lipinski definition) is 0. The number of benzene rings is 1. The third-order valence-electron chi connectivity index (χ3n) is 2.90. The van der Waals surface area contributed by atoms with E-state index in [0.29, 0.717) is 5.15 Å². The van der Waals surface area contributed by atoms with Gasteiger partial charge < -0.3 is 4.74 Å². The summed E-state index contributed by atoms with van der Waals surface area (Å²) < 4.78 is 5.20. The van der Waals surface area contributed by atoms with Gasteiger partial charge in [-0.15, -0.1) is 0 Å².